The lowest BCUT2D eigenvalue weighted by Crippen LogP contribution is -2.46. The van der Waals surface area contributed by atoms with E-state index in [0.29, 0.717) is 13.0 Å². The summed E-state index contributed by atoms with van der Waals surface area (Å²) in [5.74, 6) is 1.81. The number of ether oxygens (including phenoxy) is 2. The molecule has 2 aliphatic rings. The summed E-state index contributed by atoms with van der Waals surface area (Å²) in [5, 5.41) is 2.93. The average molecular weight is 396 g/mol. The molecule has 0 atom stereocenters. The number of nitrogens with one attached hydrogen (secondary N) is 1. The van der Waals surface area contributed by atoms with Gasteiger partial charge in [0.1, 0.15) is 11.5 Å². The SMILES string of the molecule is COc1ccc(N2CCN(CCCOc3ccc4c(c3)NC(=O)CC4)CC2)cc1. The van der Waals surface area contributed by atoms with Gasteiger partial charge in [-0.15, -0.1) is 0 Å². The lowest BCUT2D eigenvalue weighted by molar-refractivity contribution is -0.116. The summed E-state index contributed by atoms with van der Waals surface area (Å²) in [5.41, 5.74) is 3.34. The van der Waals surface area contributed by atoms with Crippen LogP contribution in [-0.4, -0.2) is 57.2 Å². The summed E-state index contributed by atoms with van der Waals surface area (Å²) >= 11 is 0. The quantitative estimate of drug-likeness (QED) is 0.730. The summed E-state index contributed by atoms with van der Waals surface area (Å²) in [6.07, 6.45) is 2.37. The molecule has 154 valence electrons. The van der Waals surface area contributed by atoms with E-state index in [2.05, 4.69) is 33.3 Å². The molecule has 6 nitrogen and oxygen atoms in total. The van der Waals surface area contributed by atoms with E-state index in [9.17, 15) is 4.79 Å². The highest BCUT2D eigenvalue weighted by Gasteiger charge is 2.17. The van der Waals surface area contributed by atoms with E-state index in [0.717, 1.165) is 62.8 Å². The fourth-order valence-electron chi connectivity index (χ4n) is 3.94. The predicted molar refractivity (Wildman–Crippen MR) is 115 cm³/mol. The second kappa shape index (κ2) is 9.18. The molecule has 1 N–H and O–H groups in total. The summed E-state index contributed by atoms with van der Waals surface area (Å²) in [6, 6.07) is 14.3. The fourth-order valence-corrected chi connectivity index (χ4v) is 3.94. The van der Waals surface area contributed by atoms with Crippen LogP contribution in [0, 0.1) is 0 Å². The molecule has 2 heterocycles. The maximum Gasteiger partial charge on any atom is 0.224 e. The van der Waals surface area contributed by atoms with E-state index < -0.39 is 0 Å². The molecule has 2 aromatic carbocycles. The van der Waals surface area contributed by atoms with Crippen LogP contribution in [0.5, 0.6) is 11.5 Å². The molecule has 6 heteroatoms. The lowest BCUT2D eigenvalue weighted by atomic mass is 10.0. The molecule has 4 rings (SSSR count). The first kappa shape index (κ1) is 19.6. The fraction of sp³-hybridized carbons (Fsp3) is 0.435. The number of methoxy groups -OCH3 is 1. The molecule has 0 bridgehead atoms. The van der Waals surface area contributed by atoms with Crippen molar-refractivity contribution in [1.29, 1.82) is 0 Å². The van der Waals surface area contributed by atoms with Crippen LogP contribution < -0.4 is 19.7 Å². The average Bonchev–Trinajstić information content (AvgIpc) is 2.77. The first-order valence-corrected chi connectivity index (χ1v) is 10.4. The normalized spacial score (nSPS) is 16.9. The maximum absolute atomic E-state index is 11.5. The highest BCUT2D eigenvalue weighted by atomic mass is 16.5. The van der Waals surface area contributed by atoms with Crippen molar-refractivity contribution < 1.29 is 14.3 Å². The number of amides is 1. The molecule has 1 fully saturated rings. The molecule has 0 spiro atoms. The number of fused-ring (bicyclic) bond motifs is 1. The van der Waals surface area contributed by atoms with Crippen molar-refractivity contribution in [3.8, 4) is 11.5 Å². The van der Waals surface area contributed by atoms with Gasteiger partial charge >= 0.3 is 0 Å². The van der Waals surface area contributed by atoms with Crippen LogP contribution in [0.1, 0.15) is 18.4 Å². The van der Waals surface area contributed by atoms with Gasteiger partial charge in [-0.2, -0.15) is 0 Å². The Kier molecular flexibility index (Phi) is 6.20. The van der Waals surface area contributed by atoms with Crippen molar-refractivity contribution in [2.24, 2.45) is 0 Å². The monoisotopic (exact) mass is 395 g/mol. The van der Waals surface area contributed by atoms with Crippen molar-refractivity contribution in [2.45, 2.75) is 19.3 Å². The minimum absolute atomic E-state index is 0.0865. The van der Waals surface area contributed by atoms with E-state index in [1.165, 1.54) is 11.3 Å². The zero-order valence-corrected chi connectivity index (χ0v) is 17.0. The minimum atomic E-state index is 0.0865. The van der Waals surface area contributed by atoms with Crippen molar-refractivity contribution in [2.75, 3.05) is 56.7 Å². The third-order valence-electron chi connectivity index (χ3n) is 5.67. The van der Waals surface area contributed by atoms with Gasteiger partial charge in [-0.1, -0.05) is 6.07 Å². The molecule has 0 unspecified atom stereocenters. The summed E-state index contributed by atoms with van der Waals surface area (Å²) in [6.45, 7) is 5.94. The third kappa shape index (κ3) is 5.01. The molecule has 1 amide bonds. The second-order valence-electron chi connectivity index (χ2n) is 7.60. The van der Waals surface area contributed by atoms with Gasteiger partial charge in [0.15, 0.2) is 0 Å². The van der Waals surface area contributed by atoms with Crippen molar-refractivity contribution in [3.05, 3.63) is 48.0 Å². The van der Waals surface area contributed by atoms with Crippen LogP contribution in [-0.2, 0) is 11.2 Å². The van der Waals surface area contributed by atoms with Gasteiger partial charge in [-0.25, -0.2) is 0 Å². The van der Waals surface area contributed by atoms with Crippen LogP contribution in [0.4, 0.5) is 11.4 Å². The number of aryl methyl sites for hydroxylation is 1. The highest BCUT2D eigenvalue weighted by molar-refractivity contribution is 5.94. The van der Waals surface area contributed by atoms with Crippen LogP contribution in [0.15, 0.2) is 42.5 Å². The van der Waals surface area contributed by atoms with Gasteiger partial charge in [-0.05, 0) is 48.7 Å². The summed E-state index contributed by atoms with van der Waals surface area (Å²) < 4.78 is 11.1. The van der Waals surface area contributed by atoms with Crippen molar-refractivity contribution in [1.82, 2.24) is 4.90 Å². The zero-order valence-electron chi connectivity index (χ0n) is 17.0. The molecule has 0 aliphatic carbocycles. The van der Waals surface area contributed by atoms with E-state index in [1.807, 2.05) is 24.3 Å². The summed E-state index contributed by atoms with van der Waals surface area (Å²) in [7, 11) is 1.70. The van der Waals surface area contributed by atoms with Gasteiger partial charge in [0, 0.05) is 56.6 Å². The van der Waals surface area contributed by atoms with Gasteiger partial charge in [-0.3, -0.25) is 9.69 Å². The smallest absolute Gasteiger partial charge is 0.224 e. The number of piperazine rings is 1. The molecule has 1 saturated heterocycles. The molecular weight excluding hydrogens is 366 g/mol. The molecular formula is C23H29N3O3. The van der Waals surface area contributed by atoms with Crippen molar-refractivity contribution >= 4 is 17.3 Å². The van der Waals surface area contributed by atoms with Gasteiger partial charge in [0.05, 0.1) is 13.7 Å². The number of hydrogen-bond donors (Lipinski definition) is 1. The number of nitrogens with zero attached hydrogens (tertiary/aromatic N) is 2. The zero-order chi connectivity index (χ0) is 20.1. The largest absolute Gasteiger partial charge is 0.497 e. The van der Waals surface area contributed by atoms with E-state index in [-0.39, 0.29) is 5.91 Å². The molecule has 0 saturated carbocycles. The Bertz CT molecular complexity index is 830. The van der Waals surface area contributed by atoms with Crippen LogP contribution in [0.2, 0.25) is 0 Å². The van der Waals surface area contributed by atoms with Crippen molar-refractivity contribution in [3.63, 3.8) is 0 Å². The molecule has 0 radical (unpaired) electrons. The Morgan fingerprint density at radius 3 is 2.48 bits per heavy atom. The third-order valence-corrected chi connectivity index (χ3v) is 5.67. The topological polar surface area (TPSA) is 54.0 Å². The lowest BCUT2D eigenvalue weighted by Gasteiger charge is -2.36. The number of carbonyl (C=O) groups is 1. The highest BCUT2D eigenvalue weighted by Crippen LogP contribution is 2.27. The van der Waals surface area contributed by atoms with Gasteiger partial charge < -0.3 is 19.7 Å². The molecule has 29 heavy (non-hydrogen) atoms. The number of carbonyl (C=O) groups excluding carboxylic acids is 1. The Labute approximate surface area is 172 Å². The first-order valence-electron chi connectivity index (χ1n) is 10.4. The number of hydrogen-bond acceptors (Lipinski definition) is 5. The Morgan fingerprint density at radius 1 is 0.966 bits per heavy atom. The molecule has 0 aromatic heterocycles. The number of benzene rings is 2. The molecule has 2 aliphatic heterocycles. The van der Waals surface area contributed by atoms with Gasteiger partial charge in [0.2, 0.25) is 5.91 Å². The maximum atomic E-state index is 11.5. The summed E-state index contributed by atoms with van der Waals surface area (Å²) in [4.78, 5) is 16.5. The number of rotatable bonds is 7. The van der Waals surface area contributed by atoms with Gasteiger partial charge in [0.25, 0.3) is 0 Å². The van der Waals surface area contributed by atoms with Crippen LogP contribution in [0.25, 0.3) is 0 Å². The molecule has 2 aromatic rings. The Hall–Kier alpha value is -2.73. The number of anilines is 2. The standard InChI is InChI=1S/C23H29N3O3/c1-28-20-8-5-19(6-9-20)26-14-12-25(13-15-26)11-2-16-29-21-7-3-18-4-10-23(27)24-22(18)17-21/h3,5-9,17H,2,4,10-16H2,1H3,(H,24,27). The Morgan fingerprint density at radius 2 is 1.72 bits per heavy atom. The first-order chi connectivity index (χ1) is 14.2. The Balaban J connectivity index is 1.17. The van der Waals surface area contributed by atoms with E-state index in [4.69, 9.17) is 9.47 Å². The minimum Gasteiger partial charge on any atom is -0.497 e. The van der Waals surface area contributed by atoms with E-state index >= 15 is 0 Å². The van der Waals surface area contributed by atoms with Crippen LogP contribution >= 0.6 is 0 Å². The van der Waals surface area contributed by atoms with E-state index in [1.54, 1.807) is 7.11 Å². The second-order valence-corrected chi connectivity index (χ2v) is 7.60. The van der Waals surface area contributed by atoms with Crippen LogP contribution in [0.3, 0.4) is 0 Å². The predicted octanol–water partition coefficient (Wildman–Crippen LogP) is 3.17.